The summed E-state index contributed by atoms with van der Waals surface area (Å²) in [6, 6.07) is 5.93. The molecule has 0 aliphatic carbocycles. The van der Waals surface area contributed by atoms with Gasteiger partial charge in [0.1, 0.15) is 0 Å². The largest absolute Gasteiger partial charge is 0.310 e. The van der Waals surface area contributed by atoms with Gasteiger partial charge in [0.05, 0.1) is 0 Å². The molecule has 1 atom stereocenters. The molecular formula is C12H17Cl2N. The van der Waals surface area contributed by atoms with Crippen molar-refractivity contribution in [2.45, 2.75) is 32.7 Å². The molecule has 0 bridgehead atoms. The van der Waals surface area contributed by atoms with Gasteiger partial charge in [-0.05, 0) is 25.1 Å². The SMILES string of the molecule is CCCC(NCC)c1c(Cl)cccc1Cl. The molecule has 1 unspecified atom stereocenters. The average Bonchev–Trinajstić information content (AvgIpc) is 2.18. The Hall–Kier alpha value is -0.240. The molecule has 0 saturated heterocycles. The average molecular weight is 246 g/mol. The van der Waals surface area contributed by atoms with Crippen LogP contribution in [0.15, 0.2) is 18.2 Å². The fourth-order valence-electron chi connectivity index (χ4n) is 1.73. The van der Waals surface area contributed by atoms with E-state index in [4.69, 9.17) is 23.2 Å². The molecule has 0 amide bonds. The van der Waals surface area contributed by atoms with Gasteiger partial charge < -0.3 is 5.32 Å². The lowest BCUT2D eigenvalue weighted by atomic mass is 10.0. The van der Waals surface area contributed by atoms with Gasteiger partial charge in [-0.2, -0.15) is 0 Å². The van der Waals surface area contributed by atoms with Gasteiger partial charge in [0.2, 0.25) is 0 Å². The monoisotopic (exact) mass is 245 g/mol. The minimum atomic E-state index is 0.265. The van der Waals surface area contributed by atoms with E-state index in [1.165, 1.54) is 0 Å². The normalized spacial score (nSPS) is 12.8. The molecule has 15 heavy (non-hydrogen) atoms. The zero-order valence-corrected chi connectivity index (χ0v) is 10.7. The summed E-state index contributed by atoms with van der Waals surface area (Å²) >= 11 is 12.3. The summed E-state index contributed by atoms with van der Waals surface area (Å²) in [5.74, 6) is 0. The summed E-state index contributed by atoms with van der Waals surface area (Å²) < 4.78 is 0. The van der Waals surface area contributed by atoms with Crippen molar-refractivity contribution in [1.82, 2.24) is 5.32 Å². The van der Waals surface area contributed by atoms with Gasteiger partial charge in [0.25, 0.3) is 0 Å². The Labute approximate surface area is 102 Å². The zero-order chi connectivity index (χ0) is 11.3. The second kappa shape index (κ2) is 6.37. The van der Waals surface area contributed by atoms with Crippen LogP contribution in [0.3, 0.4) is 0 Å². The summed E-state index contributed by atoms with van der Waals surface area (Å²) in [4.78, 5) is 0. The second-order valence-corrected chi connectivity index (χ2v) is 4.35. The highest BCUT2D eigenvalue weighted by Crippen LogP contribution is 2.32. The van der Waals surface area contributed by atoms with Crippen LogP contribution in [0, 0.1) is 0 Å². The quantitative estimate of drug-likeness (QED) is 0.809. The number of hydrogen-bond donors (Lipinski definition) is 1. The first-order valence-corrected chi connectivity index (χ1v) is 6.13. The smallest absolute Gasteiger partial charge is 0.0468 e. The van der Waals surface area contributed by atoms with Crippen molar-refractivity contribution in [3.8, 4) is 0 Å². The number of benzene rings is 1. The van der Waals surface area contributed by atoms with Crippen LogP contribution in [-0.2, 0) is 0 Å². The molecule has 0 aromatic heterocycles. The van der Waals surface area contributed by atoms with Crippen molar-refractivity contribution in [1.29, 1.82) is 0 Å². The summed E-state index contributed by atoms with van der Waals surface area (Å²) in [7, 11) is 0. The molecular weight excluding hydrogens is 229 g/mol. The summed E-state index contributed by atoms with van der Waals surface area (Å²) in [5, 5.41) is 4.92. The fourth-order valence-corrected chi connectivity index (χ4v) is 2.39. The molecule has 0 radical (unpaired) electrons. The second-order valence-electron chi connectivity index (χ2n) is 3.53. The van der Waals surface area contributed by atoms with Crippen molar-refractivity contribution in [2.75, 3.05) is 6.54 Å². The van der Waals surface area contributed by atoms with Gasteiger partial charge >= 0.3 is 0 Å². The van der Waals surface area contributed by atoms with Crippen molar-refractivity contribution in [2.24, 2.45) is 0 Å². The molecule has 84 valence electrons. The number of rotatable bonds is 5. The summed E-state index contributed by atoms with van der Waals surface area (Å²) in [6.45, 7) is 5.18. The predicted molar refractivity (Wildman–Crippen MR) is 67.8 cm³/mol. The minimum absolute atomic E-state index is 0.265. The molecule has 0 aliphatic rings. The first-order chi connectivity index (χ1) is 7.20. The predicted octanol–water partition coefficient (Wildman–Crippen LogP) is 4.44. The molecule has 0 fully saturated rings. The maximum atomic E-state index is 6.17. The van der Waals surface area contributed by atoms with Gasteiger partial charge in [-0.15, -0.1) is 0 Å². The zero-order valence-electron chi connectivity index (χ0n) is 9.19. The Morgan fingerprint density at radius 2 is 1.80 bits per heavy atom. The summed E-state index contributed by atoms with van der Waals surface area (Å²) in [6.07, 6.45) is 2.16. The molecule has 0 spiro atoms. The molecule has 1 aromatic rings. The Morgan fingerprint density at radius 3 is 2.27 bits per heavy atom. The lowest BCUT2D eigenvalue weighted by Crippen LogP contribution is -2.21. The molecule has 1 aromatic carbocycles. The third kappa shape index (κ3) is 3.37. The molecule has 1 nitrogen and oxygen atoms in total. The van der Waals surface area contributed by atoms with Crippen molar-refractivity contribution in [3.63, 3.8) is 0 Å². The molecule has 3 heteroatoms. The first kappa shape index (κ1) is 12.8. The van der Waals surface area contributed by atoms with Crippen molar-refractivity contribution >= 4 is 23.2 Å². The van der Waals surface area contributed by atoms with Gasteiger partial charge in [-0.1, -0.05) is 49.5 Å². The van der Waals surface area contributed by atoms with Crippen LogP contribution in [0.25, 0.3) is 0 Å². The Morgan fingerprint density at radius 1 is 1.20 bits per heavy atom. The Kier molecular flexibility index (Phi) is 5.44. The van der Waals surface area contributed by atoms with Gasteiger partial charge in [-0.25, -0.2) is 0 Å². The molecule has 0 aliphatic heterocycles. The van der Waals surface area contributed by atoms with E-state index in [-0.39, 0.29) is 6.04 Å². The molecule has 1 rings (SSSR count). The van der Waals surface area contributed by atoms with Crippen molar-refractivity contribution < 1.29 is 0 Å². The van der Waals surface area contributed by atoms with Gasteiger partial charge in [-0.3, -0.25) is 0 Å². The summed E-state index contributed by atoms with van der Waals surface area (Å²) in [5.41, 5.74) is 1.03. The molecule has 0 saturated carbocycles. The van der Waals surface area contributed by atoms with Crippen molar-refractivity contribution in [3.05, 3.63) is 33.8 Å². The van der Waals surface area contributed by atoms with Crippen LogP contribution < -0.4 is 5.32 Å². The maximum Gasteiger partial charge on any atom is 0.0468 e. The fraction of sp³-hybridized carbons (Fsp3) is 0.500. The third-order valence-corrected chi connectivity index (χ3v) is 3.04. The maximum absolute atomic E-state index is 6.17. The third-order valence-electron chi connectivity index (χ3n) is 2.38. The highest BCUT2D eigenvalue weighted by molar-refractivity contribution is 6.36. The Balaban J connectivity index is 2.98. The first-order valence-electron chi connectivity index (χ1n) is 5.38. The van der Waals surface area contributed by atoms with Gasteiger partial charge in [0.15, 0.2) is 0 Å². The lowest BCUT2D eigenvalue weighted by Gasteiger charge is -2.20. The van der Waals surface area contributed by atoms with Gasteiger partial charge in [0, 0.05) is 21.7 Å². The highest BCUT2D eigenvalue weighted by atomic mass is 35.5. The van der Waals surface area contributed by atoms with E-state index in [0.29, 0.717) is 0 Å². The van der Waals surface area contributed by atoms with E-state index in [9.17, 15) is 0 Å². The van der Waals surface area contributed by atoms with E-state index >= 15 is 0 Å². The van der Waals surface area contributed by atoms with E-state index < -0.39 is 0 Å². The number of halogens is 2. The molecule has 1 N–H and O–H groups in total. The van der Waals surface area contributed by atoms with Crippen LogP contribution in [-0.4, -0.2) is 6.54 Å². The van der Waals surface area contributed by atoms with Crippen LogP contribution in [0.5, 0.6) is 0 Å². The van der Waals surface area contributed by atoms with Crippen LogP contribution in [0.1, 0.15) is 38.3 Å². The van der Waals surface area contributed by atoms with Crippen LogP contribution >= 0.6 is 23.2 Å². The van der Waals surface area contributed by atoms with E-state index in [2.05, 4.69) is 19.2 Å². The number of hydrogen-bond acceptors (Lipinski definition) is 1. The van der Waals surface area contributed by atoms with E-state index in [0.717, 1.165) is 35.0 Å². The topological polar surface area (TPSA) is 12.0 Å². The lowest BCUT2D eigenvalue weighted by molar-refractivity contribution is 0.509. The van der Waals surface area contributed by atoms with Crippen LogP contribution in [0.4, 0.5) is 0 Å². The molecule has 0 heterocycles. The standard InChI is InChI=1S/C12H17Cl2N/c1-3-6-11(15-4-2)12-9(13)7-5-8-10(12)14/h5,7-8,11,15H,3-4,6H2,1-2H3. The highest BCUT2D eigenvalue weighted by Gasteiger charge is 2.15. The Bertz CT molecular complexity index is 286. The van der Waals surface area contributed by atoms with E-state index in [1.54, 1.807) is 0 Å². The minimum Gasteiger partial charge on any atom is -0.310 e. The number of nitrogens with one attached hydrogen (secondary N) is 1. The van der Waals surface area contributed by atoms with Crippen LogP contribution in [0.2, 0.25) is 10.0 Å². The van der Waals surface area contributed by atoms with E-state index in [1.807, 2.05) is 18.2 Å².